The summed E-state index contributed by atoms with van der Waals surface area (Å²) in [5, 5.41) is 5.97. The van der Waals surface area contributed by atoms with E-state index in [0.717, 1.165) is 18.7 Å². The second-order valence-corrected chi connectivity index (χ2v) is 5.15. The Labute approximate surface area is 135 Å². The van der Waals surface area contributed by atoms with Crippen molar-refractivity contribution in [2.45, 2.75) is 12.8 Å². The Hall–Kier alpha value is -2.40. The molecule has 0 aliphatic carbocycles. The average molecular weight is 316 g/mol. The van der Waals surface area contributed by atoms with E-state index in [2.05, 4.69) is 10.6 Å². The second-order valence-electron chi connectivity index (χ2n) is 5.15. The first-order valence-corrected chi connectivity index (χ1v) is 7.56. The number of ether oxygens (including phenoxy) is 1. The third-order valence-electron chi connectivity index (χ3n) is 3.41. The van der Waals surface area contributed by atoms with Crippen molar-refractivity contribution in [1.82, 2.24) is 5.32 Å². The molecule has 2 rings (SSSR count). The first-order chi connectivity index (χ1) is 11.2. The summed E-state index contributed by atoms with van der Waals surface area (Å²) in [6.45, 7) is 1.40. The molecule has 5 heteroatoms. The van der Waals surface area contributed by atoms with Crippen LogP contribution in [0.25, 0.3) is 0 Å². The van der Waals surface area contributed by atoms with E-state index in [9.17, 15) is 9.18 Å². The lowest BCUT2D eigenvalue weighted by Gasteiger charge is -2.07. The Bertz CT molecular complexity index is 612. The van der Waals surface area contributed by atoms with Crippen molar-refractivity contribution in [1.29, 1.82) is 0 Å². The number of hydrogen-bond acceptors (Lipinski definition) is 3. The fourth-order valence-electron chi connectivity index (χ4n) is 2.11. The predicted octanol–water partition coefficient (Wildman–Crippen LogP) is 3.00. The van der Waals surface area contributed by atoms with E-state index in [4.69, 9.17) is 4.74 Å². The van der Waals surface area contributed by atoms with Crippen LogP contribution in [0.5, 0.6) is 5.75 Å². The largest absolute Gasteiger partial charge is 0.497 e. The molecule has 0 saturated carbocycles. The molecule has 0 radical (unpaired) electrons. The van der Waals surface area contributed by atoms with E-state index >= 15 is 0 Å². The molecule has 0 unspecified atom stereocenters. The SMILES string of the molecule is COc1ccc(CCNCCC(=O)Nc2ccc(F)cc2)cc1. The van der Waals surface area contributed by atoms with Crippen LogP contribution in [0, 0.1) is 5.82 Å². The van der Waals surface area contributed by atoms with Crippen molar-refractivity contribution in [3.8, 4) is 5.75 Å². The minimum absolute atomic E-state index is 0.0893. The zero-order valence-electron chi connectivity index (χ0n) is 13.1. The van der Waals surface area contributed by atoms with Gasteiger partial charge in [-0.15, -0.1) is 0 Å². The van der Waals surface area contributed by atoms with Crippen LogP contribution in [-0.2, 0) is 11.2 Å². The van der Waals surface area contributed by atoms with Crippen LogP contribution in [0.2, 0.25) is 0 Å². The van der Waals surface area contributed by atoms with E-state index in [-0.39, 0.29) is 11.7 Å². The Kier molecular flexibility index (Phi) is 6.56. The van der Waals surface area contributed by atoms with Crippen LogP contribution in [0.1, 0.15) is 12.0 Å². The summed E-state index contributed by atoms with van der Waals surface area (Å²) in [6.07, 6.45) is 1.27. The van der Waals surface area contributed by atoms with Gasteiger partial charge in [-0.3, -0.25) is 4.79 Å². The van der Waals surface area contributed by atoms with Crippen molar-refractivity contribution >= 4 is 11.6 Å². The quantitative estimate of drug-likeness (QED) is 0.736. The molecule has 2 aromatic rings. The van der Waals surface area contributed by atoms with Gasteiger partial charge < -0.3 is 15.4 Å². The topological polar surface area (TPSA) is 50.4 Å². The van der Waals surface area contributed by atoms with Crippen LogP contribution in [0.15, 0.2) is 48.5 Å². The number of carbonyl (C=O) groups excluding carboxylic acids is 1. The van der Waals surface area contributed by atoms with Gasteiger partial charge in [-0.25, -0.2) is 4.39 Å². The van der Waals surface area contributed by atoms with Gasteiger partial charge in [0.1, 0.15) is 11.6 Å². The molecule has 122 valence electrons. The van der Waals surface area contributed by atoms with Gasteiger partial charge in [0.05, 0.1) is 7.11 Å². The summed E-state index contributed by atoms with van der Waals surface area (Å²) in [7, 11) is 1.65. The number of nitrogens with one attached hydrogen (secondary N) is 2. The van der Waals surface area contributed by atoms with E-state index in [0.29, 0.717) is 18.7 Å². The maximum atomic E-state index is 12.8. The summed E-state index contributed by atoms with van der Waals surface area (Å²) in [5.74, 6) is 0.441. The molecular weight excluding hydrogens is 295 g/mol. The van der Waals surface area contributed by atoms with Crippen LogP contribution in [-0.4, -0.2) is 26.1 Å². The van der Waals surface area contributed by atoms with Crippen molar-refractivity contribution in [2.75, 3.05) is 25.5 Å². The fourth-order valence-corrected chi connectivity index (χ4v) is 2.11. The van der Waals surface area contributed by atoms with Crippen molar-refractivity contribution in [3.63, 3.8) is 0 Å². The predicted molar refractivity (Wildman–Crippen MR) is 89.2 cm³/mol. The lowest BCUT2D eigenvalue weighted by atomic mass is 10.1. The highest BCUT2D eigenvalue weighted by Gasteiger charge is 2.02. The minimum Gasteiger partial charge on any atom is -0.497 e. The fraction of sp³-hybridized carbons (Fsp3) is 0.278. The number of amides is 1. The van der Waals surface area contributed by atoms with Crippen LogP contribution in [0.4, 0.5) is 10.1 Å². The maximum absolute atomic E-state index is 12.8. The lowest BCUT2D eigenvalue weighted by molar-refractivity contribution is -0.116. The van der Waals surface area contributed by atoms with Gasteiger partial charge in [-0.1, -0.05) is 12.1 Å². The summed E-state index contributed by atoms with van der Waals surface area (Å²) in [4.78, 5) is 11.7. The molecule has 23 heavy (non-hydrogen) atoms. The van der Waals surface area contributed by atoms with Gasteiger partial charge >= 0.3 is 0 Å². The number of hydrogen-bond donors (Lipinski definition) is 2. The minimum atomic E-state index is -0.316. The monoisotopic (exact) mass is 316 g/mol. The van der Waals surface area contributed by atoms with Gasteiger partial charge in [-0.2, -0.15) is 0 Å². The number of methoxy groups -OCH3 is 1. The molecule has 0 saturated heterocycles. The molecule has 0 aliphatic heterocycles. The number of halogens is 1. The summed E-state index contributed by atoms with van der Waals surface area (Å²) < 4.78 is 17.9. The third-order valence-corrected chi connectivity index (χ3v) is 3.41. The van der Waals surface area contributed by atoms with Gasteiger partial charge in [0, 0.05) is 18.7 Å². The molecule has 0 heterocycles. The highest BCUT2D eigenvalue weighted by atomic mass is 19.1. The summed E-state index contributed by atoms with van der Waals surface area (Å²) >= 11 is 0. The first-order valence-electron chi connectivity index (χ1n) is 7.56. The molecule has 0 atom stereocenters. The van der Waals surface area contributed by atoms with Crippen LogP contribution in [0.3, 0.4) is 0 Å². The van der Waals surface area contributed by atoms with E-state index in [1.807, 2.05) is 24.3 Å². The number of rotatable bonds is 8. The number of carbonyl (C=O) groups is 1. The van der Waals surface area contributed by atoms with Gasteiger partial charge in [0.15, 0.2) is 0 Å². The first kappa shape index (κ1) is 17.0. The highest BCUT2D eigenvalue weighted by Crippen LogP contribution is 2.11. The Balaban J connectivity index is 1.61. The zero-order valence-corrected chi connectivity index (χ0v) is 13.1. The molecule has 0 aromatic heterocycles. The third kappa shape index (κ3) is 6.08. The van der Waals surface area contributed by atoms with Crippen molar-refractivity contribution in [2.24, 2.45) is 0 Å². The van der Waals surface area contributed by atoms with E-state index < -0.39 is 0 Å². The molecule has 4 nitrogen and oxygen atoms in total. The van der Waals surface area contributed by atoms with E-state index in [1.54, 1.807) is 19.2 Å². The molecule has 0 spiro atoms. The standard InChI is InChI=1S/C18H21FN2O2/c1-23-17-8-2-14(3-9-17)10-12-20-13-11-18(22)21-16-6-4-15(19)5-7-16/h2-9,20H,10-13H2,1H3,(H,21,22). The van der Waals surface area contributed by atoms with Gasteiger partial charge in [-0.05, 0) is 54.9 Å². The number of anilines is 1. The Morgan fingerprint density at radius 2 is 1.74 bits per heavy atom. The van der Waals surface area contributed by atoms with Gasteiger partial charge in [0.25, 0.3) is 0 Å². The van der Waals surface area contributed by atoms with E-state index in [1.165, 1.54) is 17.7 Å². The molecular formula is C18H21FN2O2. The van der Waals surface area contributed by atoms with Crippen molar-refractivity contribution < 1.29 is 13.9 Å². The van der Waals surface area contributed by atoms with Gasteiger partial charge in [0.2, 0.25) is 5.91 Å². The number of benzene rings is 2. The smallest absolute Gasteiger partial charge is 0.225 e. The van der Waals surface area contributed by atoms with Crippen LogP contribution < -0.4 is 15.4 Å². The molecule has 2 N–H and O–H groups in total. The second kappa shape index (κ2) is 8.90. The highest BCUT2D eigenvalue weighted by molar-refractivity contribution is 5.90. The molecule has 0 fully saturated rings. The summed E-state index contributed by atoms with van der Waals surface area (Å²) in [5.41, 5.74) is 1.82. The normalized spacial score (nSPS) is 10.3. The zero-order chi connectivity index (χ0) is 16.5. The molecule has 0 bridgehead atoms. The Morgan fingerprint density at radius 1 is 1.04 bits per heavy atom. The molecule has 0 aliphatic rings. The average Bonchev–Trinajstić information content (AvgIpc) is 2.57. The summed E-state index contributed by atoms with van der Waals surface area (Å²) in [6, 6.07) is 13.7. The van der Waals surface area contributed by atoms with Crippen LogP contribution >= 0.6 is 0 Å². The molecule has 1 amide bonds. The molecule has 2 aromatic carbocycles. The Morgan fingerprint density at radius 3 is 2.39 bits per heavy atom. The lowest BCUT2D eigenvalue weighted by Crippen LogP contribution is -2.23. The van der Waals surface area contributed by atoms with Crippen molar-refractivity contribution in [3.05, 3.63) is 59.9 Å². The maximum Gasteiger partial charge on any atom is 0.225 e.